The molecule has 0 amide bonds. The van der Waals surface area contributed by atoms with E-state index >= 15 is 0 Å². The van der Waals surface area contributed by atoms with Crippen molar-refractivity contribution in [3.63, 3.8) is 0 Å². The van der Waals surface area contributed by atoms with Crippen LogP contribution in [0.15, 0.2) is 27.4 Å². The average Bonchev–Trinajstić information content (AvgIpc) is 2.23. The van der Waals surface area contributed by atoms with E-state index in [2.05, 4.69) is 0 Å². The number of benzene rings is 1. The highest BCUT2D eigenvalue weighted by atomic mass is 35.5. The van der Waals surface area contributed by atoms with Gasteiger partial charge in [0.25, 0.3) is 0 Å². The molecule has 0 bridgehead atoms. The molecule has 2 rings (SSSR count). The molecule has 0 saturated heterocycles. The molecule has 2 aromatic rings. The molecule has 1 heterocycles. The Morgan fingerprint density at radius 2 is 2.18 bits per heavy atom. The zero-order valence-corrected chi connectivity index (χ0v) is 10.4. The van der Waals surface area contributed by atoms with Crippen LogP contribution < -0.4 is 5.63 Å². The fraction of sp³-hybridized carbons (Fsp3) is 0.308. The number of phenols is 1. The first kappa shape index (κ1) is 12.0. The van der Waals surface area contributed by atoms with Crippen LogP contribution in [0.1, 0.15) is 18.1 Å². The Kier molecular flexibility index (Phi) is 3.11. The highest BCUT2D eigenvalue weighted by molar-refractivity contribution is 6.20. The van der Waals surface area contributed by atoms with E-state index in [0.29, 0.717) is 17.6 Å². The summed E-state index contributed by atoms with van der Waals surface area (Å²) in [5.74, 6) is 0.0820. The Morgan fingerprint density at radius 1 is 1.47 bits per heavy atom. The highest BCUT2D eigenvalue weighted by Gasteiger charge is 2.13. The molecule has 0 unspecified atom stereocenters. The van der Waals surface area contributed by atoms with Gasteiger partial charge in [-0.2, -0.15) is 0 Å². The van der Waals surface area contributed by atoms with Crippen LogP contribution in [0.4, 0.5) is 0 Å². The van der Waals surface area contributed by atoms with Gasteiger partial charge >= 0.3 is 5.63 Å². The van der Waals surface area contributed by atoms with E-state index in [1.54, 1.807) is 12.1 Å². The van der Waals surface area contributed by atoms with Gasteiger partial charge in [0.2, 0.25) is 0 Å². The van der Waals surface area contributed by atoms with Crippen molar-refractivity contribution in [3.8, 4) is 5.75 Å². The topological polar surface area (TPSA) is 50.4 Å². The van der Waals surface area contributed by atoms with Crippen LogP contribution in [0.5, 0.6) is 5.75 Å². The van der Waals surface area contributed by atoms with E-state index in [1.165, 1.54) is 6.07 Å². The summed E-state index contributed by atoms with van der Waals surface area (Å²) in [5, 5.41) is 10.1. The van der Waals surface area contributed by atoms with Crippen LogP contribution in [0.3, 0.4) is 0 Å². The first-order chi connectivity index (χ1) is 7.99. The van der Waals surface area contributed by atoms with Gasteiger partial charge in [-0.05, 0) is 38.0 Å². The summed E-state index contributed by atoms with van der Waals surface area (Å²) in [5.41, 5.74) is 1.49. The van der Waals surface area contributed by atoms with Crippen LogP contribution in [-0.2, 0) is 6.42 Å². The number of halogens is 1. The van der Waals surface area contributed by atoms with Crippen LogP contribution in [0.2, 0.25) is 0 Å². The summed E-state index contributed by atoms with van der Waals surface area (Å²) in [6.07, 6.45) is 0.479. The largest absolute Gasteiger partial charge is 0.508 e. The lowest BCUT2D eigenvalue weighted by Crippen LogP contribution is -2.13. The van der Waals surface area contributed by atoms with Crippen LogP contribution in [0, 0.1) is 6.92 Å². The summed E-state index contributed by atoms with van der Waals surface area (Å²) in [6, 6.07) is 4.76. The van der Waals surface area contributed by atoms with Crippen LogP contribution in [0.25, 0.3) is 11.0 Å². The monoisotopic (exact) mass is 252 g/mol. The van der Waals surface area contributed by atoms with Gasteiger partial charge in [0.05, 0.1) is 0 Å². The second-order valence-electron chi connectivity index (χ2n) is 4.16. The van der Waals surface area contributed by atoms with E-state index in [1.807, 2.05) is 13.8 Å². The predicted octanol–water partition coefficient (Wildman–Crippen LogP) is 2.98. The molecule has 0 fully saturated rings. The average molecular weight is 253 g/mol. The van der Waals surface area contributed by atoms with Gasteiger partial charge in [-0.1, -0.05) is 0 Å². The quantitative estimate of drug-likeness (QED) is 0.660. The molecule has 1 N–H and O–H groups in total. The molecule has 0 aliphatic rings. The summed E-state index contributed by atoms with van der Waals surface area (Å²) >= 11 is 5.91. The van der Waals surface area contributed by atoms with Crippen molar-refractivity contribution in [1.29, 1.82) is 0 Å². The van der Waals surface area contributed by atoms with Crippen molar-refractivity contribution < 1.29 is 9.52 Å². The summed E-state index contributed by atoms with van der Waals surface area (Å²) in [4.78, 5) is 11.8. The van der Waals surface area contributed by atoms with Gasteiger partial charge in [-0.25, -0.2) is 4.79 Å². The smallest absolute Gasteiger partial charge is 0.339 e. The number of alkyl halides is 1. The lowest BCUT2D eigenvalue weighted by atomic mass is 10.0. The minimum absolute atomic E-state index is 0.0820. The Bertz CT molecular complexity index is 614. The molecule has 17 heavy (non-hydrogen) atoms. The maximum Gasteiger partial charge on any atom is 0.339 e. The fourth-order valence-electron chi connectivity index (χ4n) is 1.90. The third kappa shape index (κ3) is 2.29. The molecular weight excluding hydrogens is 240 g/mol. The molecule has 90 valence electrons. The normalized spacial score (nSPS) is 12.9. The van der Waals surface area contributed by atoms with Gasteiger partial charge in [0, 0.05) is 22.4 Å². The van der Waals surface area contributed by atoms with E-state index in [-0.39, 0.29) is 16.8 Å². The van der Waals surface area contributed by atoms with Crippen molar-refractivity contribution in [2.75, 3.05) is 0 Å². The number of hydrogen-bond acceptors (Lipinski definition) is 3. The Balaban J connectivity index is 2.72. The molecule has 1 aromatic heterocycles. The molecule has 1 atom stereocenters. The Morgan fingerprint density at radius 3 is 2.82 bits per heavy atom. The molecular formula is C13H13ClO3. The zero-order valence-electron chi connectivity index (χ0n) is 9.66. The van der Waals surface area contributed by atoms with E-state index in [4.69, 9.17) is 16.0 Å². The van der Waals surface area contributed by atoms with E-state index in [9.17, 15) is 9.90 Å². The molecule has 0 saturated carbocycles. The second-order valence-corrected chi connectivity index (χ2v) is 4.90. The van der Waals surface area contributed by atoms with Gasteiger partial charge in [-0.15, -0.1) is 11.6 Å². The fourth-order valence-corrected chi connectivity index (χ4v) is 2.05. The van der Waals surface area contributed by atoms with Gasteiger partial charge in [0.15, 0.2) is 0 Å². The summed E-state index contributed by atoms with van der Waals surface area (Å²) in [6.45, 7) is 3.70. The summed E-state index contributed by atoms with van der Waals surface area (Å²) in [7, 11) is 0. The minimum atomic E-state index is -0.381. The molecule has 1 aromatic carbocycles. The number of aryl methyl sites for hydroxylation is 1. The van der Waals surface area contributed by atoms with Crippen LogP contribution >= 0.6 is 11.6 Å². The van der Waals surface area contributed by atoms with Crippen LogP contribution in [-0.4, -0.2) is 10.5 Å². The van der Waals surface area contributed by atoms with E-state index in [0.717, 1.165) is 10.9 Å². The molecule has 0 aliphatic heterocycles. The molecule has 0 aliphatic carbocycles. The van der Waals surface area contributed by atoms with Gasteiger partial charge in [-0.3, -0.25) is 0 Å². The lowest BCUT2D eigenvalue weighted by molar-refractivity contribution is 0.472. The van der Waals surface area contributed by atoms with Crippen molar-refractivity contribution in [1.82, 2.24) is 0 Å². The highest BCUT2D eigenvalue weighted by Crippen LogP contribution is 2.24. The molecule has 4 heteroatoms. The lowest BCUT2D eigenvalue weighted by Gasteiger charge is -2.08. The maximum atomic E-state index is 11.8. The third-order valence-electron chi connectivity index (χ3n) is 2.76. The molecule has 0 spiro atoms. The molecule has 0 radical (unpaired) electrons. The third-order valence-corrected chi connectivity index (χ3v) is 2.91. The standard InChI is InChI=1S/C13H13ClO3/c1-7(14)5-11-8(2)10-4-3-9(15)6-12(10)17-13(11)16/h3-4,6-7,15H,5H2,1-2H3/t7-/m1/s1. The first-order valence-corrected chi connectivity index (χ1v) is 5.82. The Labute approximate surface area is 104 Å². The summed E-state index contributed by atoms with van der Waals surface area (Å²) < 4.78 is 5.18. The van der Waals surface area contributed by atoms with Crippen molar-refractivity contribution >= 4 is 22.6 Å². The van der Waals surface area contributed by atoms with Gasteiger partial charge in [0.1, 0.15) is 11.3 Å². The van der Waals surface area contributed by atoms with Gasteiger partial charge < -0.3 is 9.52 Å². The number of rotatable bonds is 2. The number of aromatic hydroxyl groups is 1. The Hall–Kier alpha value is -1.48. The second kappa shape index (κ2) is 4.41. The molecule has 3 nitrogen and oxygen atoms in total. The number of fused-ring (bicyclic) bond motifs is 1. The minimum Gasteiger partial charge on any atom is -0.508 e. The SMILES string of the molecule is Cc1c(C[C@@H](C)Cl)c(=O)oc2cc(O)ccc12. The first-order valence-electron chi connectivity index (χ1n) is 5.38. The zero-order chi connectivity index (χ0) is 12.6. The number of hydrogen-bond donors (Lipinski definition) is 1. The van der Waals surface area contributed by atoms with Crippen molar-refractivity contribution in [3.05, 3.63) is 39.7 Å². The van der Waals surface area contributed by atoms with E-state index < -0.39 is 0 Å². The van der Waals surface area contributed by atoms with Crippen molar-refractivity contribution in [2.24, 2.45) is 0 Å². The predicted molar refractivity (Wildman–Crippen MR) is 67.9 cm³/mol. The van der Waals surface area contributed by atoms with Crippen molar-refractivity contribution in [2.45, 2.75) is 25.6 Å². The number of phenolic OH excluding ortho intramolecular Hbond substituents is 1. The maximum absolute atomic E-state index is 11.8.